The van der Waals surface area contributed by atoms with Gasteiger partial charge in [-0.05, 0) is 52.4 Å². The number of likely N-dealkylation sites (tertiary alicyclic amines) is 1. The molecule has 0 saturated carbocycles. The van der Waals surface area contributed by atoms with E-state index in [1.54, 1.807) is 0 Å². The lowest BCUT2D eigenvalue weighted by Crippen LogP contribution is -2.48. The molecule has 0 aromatic rings. The van der Waals surface area contributed by atoms with Crippen molar-refractivity contribution < 1.29 is 0 Å². The third-order valence-corrected chi connectivity index (χ3v) is 3.97. The van der Waals surface area contributed by atoms with E-state index < -0.39 is 0 Å². The summed E-state index contributed by atoms with van der Waals surface area (Å²) in [4.78, 5) is 5.03. The highest BCUT2D eigenvalue weighted by Gasteiger charge is 2.27. The predicted octanol–water partition coefficient (Wildman–Crippen LogP) is 2.04. The maximum atomic E-state index is 3.71. The van der Waals surface area contributed by atoms with Gasteiger partial charge in [0.1, 0.15) is 0 Å². The minimum absolute atomic E-state index is 0.646. The summed E-state index contributed by atoms with van der Waals surface area (Å²) in [7, 11) is 4.37. The fraction of sp³-hybridized carbons (Fsp3) is 1.00. The van der Waals surface area contributed by atoms with Crippen LogP contribution in [-0.4, -0.2) is 62.2 Å². The third kappa shape index (κ3) is 5.25. The van der Waals surface area contributed by atoms with Crippen molar-refractivity contribution in [2.45, 2.75) is 52.1 Å². The molecular weight excluding hydrogens is 222 g/mol. The maximum absolute atomic E-state index is 3.71. The fourth-order valence-electron chi connectivity index (χ4n) is 2.86. The normalized spacial score (nSPS) is 23.2. The summed E-state index contributed by atoms with van der Waals surface area (Å²) in [6, 6.07) is 1.41. The molecule has 0 bridgehead atoms. The lowest BCUT2D eigenvalue weighted by molar-refractivity contribution is 0.175. The molecule has 2 atom stereocenters. The number of rotatable bonds is 8. The zero-order valence-electron chi connectivity index (χ0n) is 13.1. The molecule has 1 aliphatic heterocycles. The molecule has 1 rings (SSSR count). The van der Waals surface area contributed by atoms with Gasteiger partial charge in [-0.25, -0.2) is 0 Å². The van der Waals surface area contributed by atoms with E-state index in [1.165, 1.54) is 38.9 Å². The Balaban J connectivity index is 2.45. The topological polar surface area (TPSA) is 18.5 Å². The molecule has 0 spiro atoms. The van der Waals surface area contributed by atoms with Gasteiger partial charge >= 0.3 is 0 Å². The number of likely N-dealkylation sites (N-methyl/N-ethyl adjacent to an activating group) is 1. The van der Waals surface area contributed by atoms with E-state index in [9.17, 15) is 0 Å². The third-order valence-electron chi connectivity index (χ3n) is 3.97. The molecule has 0 aromatic carbocycles. The van der Waals surface area contributed by atoms with Crippen LogP contribution < -0.4 is 5.32 Å². The van der Waals surface area contributed by atoms with Gasteiger partial charge in [0.25, 0.3) is 0 Å². The number of hydrogen-bond acceptors (Lipinski definition) is 3. The molecule has 1 saturated heterocycles. The van der Waals surface area contributed by atoms with Crippen molar-refractivity contribution in [1.82, 2.24) is 15.1 Å². The van der Waals surface area contributed by atoms with Crippen molar-refractivity contribution in [2.75, 3.05) is 40.3 Å². The molecule has 0 aliphatic carbocycles. The standard InChI is InChI=1S/C15H33N3/c1-6-9-16-15(13(2)3)12-18-10-7-8-14(18)11-17(4)5/h13-16H,6-12H2,1-5H3. The van der Waals surface area contributed by atoms with Crippen LogP contribution in [0.1, 0.15) is 40.0 Å². The van der Waals surface area contributed by atoms with Crippen LogP contribution in [0.2, 0.25) is 0 Å². The second-order valence-corrected chi connectivity index (χ2v) is 6.36. The van der Waals surface area contributed by atoms with E-state index in [2.05, 4.69) is 50.0 Å². The molecular formula is C15H33N3. The first-order valence-electron chi connectivity index (χ1n) is 7.66. The van der Waals surface area contributed by atoms with Gasteiger partial charge in [-0.3, -0.25) is 4.90 Å². The first kappa shape index (κ1) is 15.9. The Morgan fingerprint density at radius 3 is 2.61 bits per heavy atom. The number of nitrogens with one attached hydrogen (secondary N) is 1. The molecule has 2 unspecified atom stereocenters. The van der Waals surface area contributed by atoms with Crippen LogP contribution in [0.4, 0.5) is 0 Å². The summed E-state index contributed by atoms with van der Waals surface area (Å²) in [5, 5.41) is 3.71. The first-order valence-corrected chi connectivity index (χ1v) is 7.66. The van der Waals surface area contributed by atoms with Gasteiger partial charge in [0.2, 0.25) is 0 Å². The summed E-state index contributed by atoms with van der Waals surface area (Å²) >= 11 is 0. The van der Waals surface area contributed by atoms with E-state index in [0.29, 0.717) is 6.04 Å². The van der Waals surface area contributed by atoms with Gasteiger partial charge in [-0.15, -0.1) is 0 Å². The van der Waals surface area contributed by atoms with Crippen molar-refractivity contribution in [2.24, 2.45) is 5.92 Å². The SMILES string of the molecule is CCCNC(CN1CCCC1CN(C)C)C(C)C. The Labute approximate surface area is 114 Å². The maximum Gasteiger partial charge on any atom is 0.0224 e. The first-order chi connectivity index (χ1) is 8.54. The Bertz CT molecular complexity index is 216. The molecule has 1 aliphatic rings. The molecule has 0 aromatic heterocycles. The molecule has 0 amide bonds. The highest BCUT2D eigenvalue weighted by atomic mass is 15.2. The van der Waals surface area contributed by atoms with Crippen LogP contribution in [0.25, 0.3) is 0 Å². The van der Waals surface area contributed by atoms with Gasteiger partial charge in [-0.2, -0.15) is 0 Å². The minimum atomic E-state index is 0.646. The van der Waals surface area contributed by atoms with Gasteiger partial charge in [0.15, 0.2) is 0 Å². The Kier molecular flexibility index (Phi) is 7.20. The molecule has 0 radical (unpaired) electrons. The van der Waals surface area contributed by atoms with Gasteiger partial charge < -0.3 is 10.2 Å². The lowest BCUT2D eigenvalue weighted by Gasteiger charge is -2.32. The number of nitrogens with zero attached hydrogens (tertiary/aromatic N) is 2. The van der Waals surface area contributed by atoms with Crippen molar-refractivity contribution in [3.05, 3.63) is 0 Å². The molecule has 108 valence electrons. The summed E-state index contributed by atoms with van der Waals surface area (Å²) in [5.41, 5.74) is 0. The quantitative estimate of drug-likeness (QED) is 0.716. The zero-order chi connectivity index (χ0) is 13.5. The second kappa shape index (κ2) is 8.13. The summed E-state index contributed by atoms with van der Waals surface area (Å²) in [5.74, 6) is 0.720. The average Bonchev–Trinajstić information content (AvgIpc) is 2.70. The van der Waals surface area contributed by atoms with Crippen LogP contribution in [0, 0.1) is 5.92 Å². The van der Waals surface area contributed by atoms with E-state index >= 15 is 0 Å². The van der Waals surface area contributed by atoms with Crippen LogP contribution in [-0.2, 0) is 0 Å². The highest BCUT2D eigenvalue weighted by molar-refractivity contribution is 4.85. The van der Waals surface area contributed by atoms with Crippen molar-refractivity contribution in [1.29, 1.82) is 0 Å². The van der Waals surface area contributed by atoms with Gasteiger partial charge in [0.05, 0.1) is 0 Å². The zero-order valence-corrected chi connectivity index (χ0v) is 13.1. The van der Waals surface area contributed by atoms with E-state index in [4.69, 9.17) is 0 Å². The van der Waals surface area contributed by atoms with E-state index in [1.807, 2.05) is 0 Å². The smallest absolute Gasteiger partial charge is 0.0224 e. The second-order valence-electron chi connectivity index (χ2n) is 6.36. The fourth-order valence-corrected chi connectivity index (χ4v) is 2.86. The number of hydrogen-bond donors (Lipinski definition) is 1. The summed E-state index contributed by atoms with van der Waals surface area (Å²) in [6.45, 7) is 11.8. The Morgan fingerprint density at radius 2 is 2.06 bits per heavy atom. The van der Waals surface area contributed by atoms with Crippen molar-refractivity contribution in [3.63, 3.8) is 0 Å². The summed E-state index contributed by atoms with van der Waals surface area (Å²) < 4.78 is 0. The van der Waals surface area contributed by atoms with Crippen LogP contribution >= 0.6 is 0 Å². The van der Waals surface area contributed by atoms with E-state index in [0.717, 1.165) is 18.5 Å². The molecule has 1 fully saturated rings. The summed E-state index contributed by atoms with van der Waals surface area (Å²) in [6.07, 6.45) is 3.97. The Morgan fingerprint density at radius 1 is 1.33 bits per heavy atom. The van der Waals surface area contributed by atoms with E-state index in [-0.39, 0.29) is 0 Å². The molecule has 1 heterocycles. The molecule has 18 heavy (non-hydrogen) atoms. The van der Waals surface area contributed by atoms with Crippen LogP contribution in [0.5, 0.6) is 0 Å². The Hall–Kier alpha value is -0.120. The minimum Gasteiger partial charge on any atom is -0.312 e. The van der Waals surface area contributed by atoms with Gasteiger partial charge in [0, 0.05) is 25.2 Å². The van der Waals surface area contributed by atoms with Crippen molar-refractivity contribution in [3.8, 4) is 0 Å². The van der Waals surface area contributed by atoms with Gasteiger partial charge in [-0.1, -0.05) is 20.8 Å². The molecule has 3 heteroatoms. The highest BCUT2D eigenvalue weighted by Crippen LogP contribution is 2.19. The largest absolute Gasteiger partial charge is 0.312 e. The lowest BCUT2D eigenvalue weighted by atomic mass is 10.0. The monoisotopic (exact) mass is 255 g/mol. The molecule has 1 N–H and O–H groups in total. The van der Waals surface area contributed by atoms with Crippen molar-refractivity contribution >= 4 is 0 Å². The molecule has 3 nitrogen and oxygen atoms in total. The van der Waals surface area contributed by atoms with Crippen LogP contribution in [0.3, 0.4) is 0 Å². The predicted molar refractivity (Wildman–Crippen MR) is 80.1 cm³/mol. The van der Waals surface area contributed by atoms with Crippen LogP contribution in [0.15, 0.2) is 0 Å². The average molecular weight is 255 g/mol.